The largest absolute Gasteiger partial charge is 0.333 e. The lowest BCUT2D eigenvalue weighted by Gasteiger charge is -2.04. The molecule has 0 saturated heterocycles. The number of anilines is 1. The molecule has 0 aromatic heterocycles. The van der Waals surface area contributed by atoms with Crippen LogP contribution >= 0.6 is 24.2 Å². The summed E-state index contributed by atoms with van der Waals surface area (Å²) in [6.45, 7) is 0. The number of nitrogens with zero attached hydrogens (tertiary/aromatic N) is 2. The van der Waals surface area contributed by atoms with Gasteiger partial charge in [0.2, 0.25) is 6.19 Å². The number of nitrogens with one attached hydrogen (secondary N) is 1. The Kier molecular flexibility index (Phi) is 3.62. The average Bonchev–Trinajstić information content (AvgIpc) is 2.09. The molecule has 66 valence electrons. The maximum absolute atomic E-state index is 8.22. The van der Waals surface area contributed by atoms with Crippen LogP contribution in [0.3, 0.4) is 0 Å². The van der Waals surface area contributed by atoms with E-state index in [2.05, 4.69) is 22.9 Å². The molecule has 13 heavy (non-hydrogen) atoms. The first kappa shape index (κ1) is 9.90. The molecule has 1 N–H and O–H groups in total. The molecule has 0 radical (unpaired) electrons. The van der Waals surface area contributed by atoms with E-state index in [1.165, 1.54) is 0 Å². The third-order valence-electron chi connectivity index (χ3n) is 1.28. The number of nitriles is 1. The summed E-state index contributed by atoms with van der Waals surface area (Å²) in [7, 11) is 0. The smallest absolute Gasteiger partial charge is 0.208 e. The van der Waals surface area contributed by atoms with E-state index in [1.54, 1.807) is 18.3 Å². The van der Waals surface area contributed by atoms with Gasteiger partial charge in [-0.15, -0.1) is 17.6 Å². The summed E-state index contributed by atoms with van der Waals surface area (Å²) >= 11 is 9.76. The van der Waals surface area contributed by atoms with Crippen molar-refractivity contribution in [2.75, 3.05) is 5.32 Å². The lowest BCUT2D eigenvalue weighted by molar-refractivity contribution is 1.44. The van der Waals surface area contributed by atoms with Crippen LogP contribution in [-0.4, -0.2) is 5.17 Å². The van der Waals surface area contributed by atoms with Gasteiger partial charge in [-0.2, -0.15) is 5.26 Å². The molecular weight excluding hydrogens is 206 g/mol. The minimum atomic E-state index is 0.218. The van der Waals surface area contributed by atoms with E-state index in [0.29, 0.717) is 10.7 Å². The van der Waals surface area contributed by atoms with Gasteiger partial charge in [0.1, 0.15) is 0 Å². The van der Waals surface area contributed by atoms with Crippen LogP contribution in [0.15, 0.2) is 29.3 Å². The second-order valence-electron chi connectivity index (χ2n) is 2.14. The number of hydrogen-bond donors (Lipinski definition) is 2. The molecule has 0 spiro atoms. The van der Waals surface area contributed by atoms with E-state index in [4.69, 9.17) is 16.9 Å². The summed E-state index contributed by atoms with van der Waals surface area (Å²) < 4.78 is 0. The van der Waals surface area contributed by atoms with Crippen LogP contribution in [0.1, 0.15) is 0 Å². The number of thiol groups is 1. The number of hydrogen-bond acceptors (Lipinski definition) is 2. The maximum atomic E-state index is 8.22. The van der Waals surface area contributed by atoms with E-state index in [-0.39, 0.29) is 5.17 Å². The molecule has 5 heteroatoms. The molecule has 0 aliphatic heterocycles. The molecule has 0 unspecified atom stereocenters. The van der Waals surface area contributed by atoms with E-state index >= 15 is 0 Å². The van der Waals surface area contributed by atoms with E-state index in [1.807, 2.05) is 12.1 Å². The van der Waals surface area contributed by atoms with Gasteiger partial charge in [-0.25, -0.2) is 0 Å². The first-order valence-corrected chi connectivity index (χ1v) is 4.24. The summed E-state index contributed by atoms with van der Waals surface area (Å²) in [6, 6.07) is 7.14. The first-order valence-electron chi connectivity index (χ1n) is 3.41. The second kappa shape index (κ2) is 4.75. The van der Waals surface area contributed by atoms with Crippen LogP contribution in [0.2, 0.25) is 5.02 Å². The normalized spacial score (nSPS) is 10.7. The number of rotatable bonds is 1. The minimum absolute atomic E-state index is 0.218. The fraction of sp³-hybridized carbons (Fsp3) is 0. The summed E-state index contributed by atoms with van der Waals surface area (Å²) in [5.41, 5.74) is 0.674. The van der Waals surface area contributed by atoms with Gasteiger partial charge in [0.25, 0.3) is 0 Å². The van der Waals surface area contributed by atoms with Crippen molar-refractivity contribution in [2.45, 2.75) is 0 Å². The van der Waals surface area contributed by atoms with Crippen molar-refractivity contribution >= 4 is 35.1 Å². The zero-order valence-corrected chi connectivity index (χ0v) is 8.18. The number of aliphatic imine (C=N–C) groups is 1. The Morgan fingerprint density at radius 3 is 2.85 bits per heavy atom. The molecule has 0 fully saturated rings. The molecule has 0 amide bonds. The minimum Gasteiger partial charge on any atom is -0.333 e. The third kappa shape index (κ3) is 2.98. The molecule has 0 saturated carbocycles. The van der Waals surface area contributed by atoms with Gasteiger partial charge in [-0.05, 0) is 12.1 Å². The highest BCUT2D eigenvalue weighted by atomic mass is 35.5. The molecule has 3 nitrogen and oxygen atoms in total. The van der Waals surface area contributed by atoms with Crippen LogP contribution in [0.25, 0.3) is 0 Å². The zero-order chi connectivity index (χ0) is 9.68. The van der Waals surface area contributed by atoms with Gasteiger partial charge in [0.15, 0.2) is 5.17 Å². The standard InChI is InChI=1S/C8H6ClN3S/c9-6-3-1-2-4-7(6)12-8(13)11-5-10/h1-4H,(H2,11,12,13). The second-order valence-corrected chi connectivity index (χ2v) is 2.97. The highest BCUT2D eigenvalue weighted by Crippen LogP contribution is 2.20. The van der Waals surface area contributed by atoms with Crippen molar-refractivity contribution < 1.29 is 0 Å². The van der Waals surface area contributed by atoms with Gasteiger partial charge < -0.3 is 5.32 Å². The SMILES string of the molecule is N#CN=C(S)Nc1ccccc1Cl. The van der Waals surface area contributed by atoms with Gasteiger partial charge in [-0.3, -0.25) is 0 Å². The van der Waals surface area contributed by atoms with Crippen LogP contribution < -0.4 is 5.32 Å². The fourth-order valence-electron chi connectivity index (χ4n) is 0.758. The number of halogens is 1. The lowest BCUT2D eigenvalue weighted by atomic mass is 10.3. The molecular formula is C8H6ClN3S. The molecule has 0 aliphatic rings. The van der Waals surface area contributed by atoms with Gasteiger partial charge in [0.05, 0.1) is 10.7 Å². The third-order valence-corrected chi connectivity index (χ3v) is 1.82. The number of amidine groups is 1. The Hall–Kier alpha value is -1.18. The Balaban J connectivity index is 2.82. The summed E-state index contributed by atoms with van der Waals surface area (Å²) in [4.78, 5) is 3.38. The predicted molar refractivity (Wildman–Crippen MR) is 57.1 cm³/mol. The highest BCUT2D eigenvalue weighted by Gasteiger charge is 1.98. The van der Waals surface area contributed by atoms with Crippen LogP contribution in [0.5, 0.6) is 0 Å². The van der Waals surface area contributed by atoms with E-state index < -0.39 is 0 Å². The fourth-order valence-corrected chi connectivity index (χ4v) is 1.11. The zero-order valence-electron chi connectivity index (χ0n) is 6.53. The molecule has 0 atom stereocenters. The Bertz CT molecular complexity index is 370. The predicted octanol–water partition coefficient (Wildman–Crippen LogP) is 2.52. The van der Waals surface area contributed by atoms with E-state index in [9.17, 15) is 0 Å². The molecule has 0 heterocycles. The Labute approximate surface area is 86.5 Å². The highest BCUT2D eigenvalue weighted by molar-refractivity contribution is 7.97. The van der Waals surface area contributed by atoms with Gasteiger partial charge in [0, 0.05) is 0 Å². The molecule has 1 aromatic rings. The van der Waals surface area contributed by atoms with Gasteiger partial charge in [-0.1, -0.05) is 23.7 Å². The Morgan fingerprint density at radius 2 is 2.23 bits per heavy atom. The van der Waals surface area contributed by atoms with Crippen molar-refractivity contribution in [3.8, 4) is 6.19 Å². The topological polar surface area (TPSA) is 48.2 Å². The van der Waals surface area contributed by atoms with Crippen molar-refractivity contribution in [2.24, 2.45) is 4.99 Å². The van der Waals surface area contributed by atoms with Crippen molar-refractivity contribution in [1.82, 2.24) is 0 Å². The molecule has 0 bridgehead atoms. The number of benzene rings is 1. The quantitative estimate of drug-likeness (QED) is 0.325. The molecule has 1 aromatic carbocycles. The van der Waals surface area contributed by atoms with Crippen molar-refractivity contribution in [3.05, 3.63) is 29.3 Å². The van der Waals surface area contributed by atoms with Crippen LogP contribution in [0, 0.1) is 11.5 Å². The molecule has 1 rings (SSSR count). The maximum Gasteiger partial charge on any atom is 0.208 e. The summed E-state index contributed by atoms with van der Waals surface area (Å²) in [5.74, 6) is 0. The van der Waals surface area contributed by atoms with Crippen LogP contribution in [-0.2, 0) is 0 Å². The summed E-state index contributed by atoms with van der Waals surface area (Å²) in [5, 5.41) is 11.8. The monoisotopic (exact) mass is 211 g/mol. The summed E-state index contributed by atoms with van der Waals surface area (Å²) in [6.07, 6.45) is 1.61. The van der Waals surface area contributed by atoms with Gasteiger partial charge >= 0.3 is 0 Å². The van der Waals surface area contributed by atoms with Crippen LogP contribution in [0.4, 0.5) is 5.69 Å². The van der Waals surface area contributed by atoms with E-state index in [0.717, 1.165) is 0 Å². The average molecular weight is 212 g/mol. The molecule has 0 aliphatic carbocycles. The first-order chi connectivity index (χ1) is 6.24. The Morgan fingerprint density at radius 1 is 1.54 bits per heavy atom. The number of para-hydroxylation sites is 1. The lowest BCUT2D eigenvalue weighted by Crippen LogP contribution is -2.03. The van der Waals surface area contributed by atoms with Crippen molar-refractivity contribution in [1.29, 1.82) is 5.26 Å². The van der Waals surface area contributed by atoms with Crippen molar-refractivity contribution in [3.63, 3.8) is 0 Å².